The Labute approximate surface area is 148 Å². The first kappa shape index (κ1) is 17.2. The van der Waals surface area contributed by atoms with Crippen LogP contribution in [-0.2, 0) is 0 Å². The van der Waals surface area contributed by atoms with Crippen LogP contribution in [-0.4, -0.2) is 38.7 Å². The zero-order valence-corrected chi connectivity index (χ0v) is 14.7. The minimum Gasteiger partial charge on any atom is -0.390 e. The van der Waals surface area contributed by atoms with E-state index in [1.165, 1.54) is 0 Å². The van der Waals surface area contributed by atoms with Gasteiger partial charge in [-0.1, -0.05) is 18.8 Å². The smallest absolute Gasteiger partial charge is 0.148 e. The lowest BCUT2D eigenvalue weighted by atomic mass is 9.89. The molecule has 0 unspecified atom stereocenters. The molecule has 2 aromatic rings. The molecule has 1 saturated heterocycles. The minimum atomic E-state index is -0.556. The van der Waals surface area contributed by atoms with Crippen LogP contribution in [0.25, 0.3) is 0 Å². The lowest BCUT2D eigenvalue weighted by Gasteiger charge is -2.38. The molecule has 3 N–H and O–H groups in total. The van der Waals surface area contributed by atoms with Crippen LogP contribution in [0.2, 0.25) is 0 Å². The molecule has 0 bridgehead atoms. The van der Waals surface area contributed by atoms with Gasteiger partial charge in [-0.15, -0.1) is 0 Å². The summed E-state index contributed by atoms with van der Waals surface area (Å²) in [6, 6.07) is 3.58. The van der Waals surface area contributed by atoms with Crippen molar-refractivity contribution in [3.8, 4) is 11.8 Å². The van der Waals surface area contributed by atoms with Gasteiger partial charge in [0.1, 0.15) is 18.0 Å². The molecule has 0 spiro atoms. The van der Waals surface area contributed by atoms with E-state index in [9.17, 15) is 5.11 Å². The summed E-state index contributed by atoms with van der Waals surface area (Å²) in [7, 11) is 0. The SMILES string of the molecule is CCC1(O)CCN(c2ncnc(C)c2C#Cc2ccc(N)nc2)CC1. The summed E-state index contributed by atoms with van der Waals surface area (Å²) < 4.78 is 0. The molecular formula is C19H23N5O. The number of aryl methyl sites for hydroxylation is 1. The van der Waals surface area contributed by atoms with Crippen LogP contribution in [0.3, 0.4) is 0 Å². The van der Waals surface area contributed by atoms with E-state index in [-0.39, 0.29) is 0 Å². The van der Waals surface area contributed by atoms with Gasteiger partial charge in [-0.05, 0) is 38.3 Å². The van der Waals surface area contributed by atoms with Crippen LogP contribution < -0.4 is 10.6 Å². The summed E-state index contributed by atoms with van der Waals surface area (Å²) >= 11 is 0. The Morgan fingerprint density at radius 2 is 1.96 bits per heavy atom. The molecule has 0 atom stereocenters. The van der Waals surface area contributed by atoms with Crippen molar-refractivity contribution in [1.82, 2.24) is 15.0 Å². The number of hydrogen-bond donors (Lipinski definition) is 2. The number of nitrogen functional groups attached to an aromatic ring is 1. The zero-order valence-electron chi connectivity index (χ0n) is 14.7. The molecule has 6 nitrogen and oxygen atoms in total. The Bertz CT molecular complexity index is 799. The summed E-state index contributed by atoms with van der Waals surface area (Å²) in [6.07, 6.45) is 5.48. The number of anilines is 2. The molecule has 1 fully saturated rings. The van der Waals surface area contributed by atoms with Crippen LogP contribution in [0, 0.1) is 18.8 Å². The molecule has 25 heavy (non-hydrogen) atoms. The Kier molecular flexibility index (Phi) is 4.86. The number of piperidine rings is 1. The molecule has 0 aliphatic carbocycles. The average Bonchev–Trinajstić information content (AvgIpc) is 2.63. The number of rotatable bonds is 2. The molecule has 2 aromatic heterocycles. The highest BCUT2D eigenvalue weighted by Crippen LogP contribution is 2.29. The third kappa shape index (κ3) is 3.89. The topological polar surface area (TPSA) is 88.2 Å². The fraction of sp³-hybridized carbons (Fsp3) is 0.421. The van der Waals surface area contributed by atoms with Gasteiger partial charge in [0, 0.05) is 24.8 Å². The van der Waals surface area contributed by atoms with Crippen LogP contribution in [0.4, 0.5) is 11.6 Å². The maximum absolute atomic E-state index is 10.4. The van der Waals surface area contributed by atoms with E-state index >= 15 is 0 Å². The van der Waals surface area contributed by atoms with Gasteiger partial charge in [-0.3, -0.25) is 0 Å². The van der Waals surface area contributed by atoms with E-state index < -0.39 is 5.60 Å². The molecule has 1 aliphatic heterocycles. The quantitative estimate of drug-likeness (QED) is 0.814. The molecule has 130 valence electrons. The zero-order chi connectivity index (χ0) is 17.9. The molecule has 0 amide bonds. The summed E-state index contributed by atoms with van der Waals surface area (Å²) in [5.74, 6) is 7.61. The third-order valence-electron chi connectivity index (χ3n) is 4.79. The fourth-order valence-electron chi connectivity index (χ4n) is 2.95. The molecule has 6 heteroatoms. The molecular weight excluding hydrogens is 314 g/mol. The number of nitrogens with zero attached hydrogens (tertiary/aromatic N) is 4. The standard InChI is InChI=1S/C19H23N5O/c1-3-19(25)8-10-24(11-9-19)18-16(14(2)22-13-23-18)6-4-15-5-7-17(20)21-12-15/h5,7,12-13,25H,3,8-11H2,1-2H3,(H2,20,21). The third-order valence-corrected chi connectivity index (χ3v) is 4.79. The highest BCUT2D eigenvalue weighted by atomic mass is 16.3. The van der Waals surface area contributed by atoms with Gasteiger partial charge in [0.15, 0.2) is 0 Å². The maximum atomic E-state index is 10.4. The van der Waals surface area contributed by atoms with Crippen molar-refractivity contribution in [2.75, 3.05) is 23.7 Å². The average molecular weight is 337 g/mol. The Hall–Kier alpha value is -2.65. The molecule has 0 aromatic carbocycles. The van der Waals surface area contributed by atoms with Gasteiger partial charge in [-0.25, -0.2) is 15.0 Å². The number of pyridine rings is 1. The fourth-order valence-corrected chi connectivity index (χ4v) is 2.95. The summed E-state index contributed by atoms with van der Waals surface area (Å²) in [5.41, 5.74) is 7.51. The second-order valence-corrected chi connectivity index (χ2v) is 6.44. The molecule has 0 saturated carbocycles. The second kappa shape index (κ2) is 7.08. The molecule has 3 heterocycles. The Morgan fingerprint density at radius 1 is 1.20 bits per heavy atom. The van der Waals surface area contributed by atoms with Gasteiger partial charge in [0.05, 0.1) is 16.9 Å². The number of hydrogen-bond acceptors (Lipinski definition) is 6. The number of aliphatic hydroxyl groups is 1. The van der Waals surface area contributed by atoms with Gasteiger partial charge in [-0.2, -0.15) is 0 Å². The van der Waals surface area contributed by atoms with Crippen molar-refractivity contribution in [2.24, 2.45) is 0 Å². The molecule has 1 aliphatic rings. The van der Waals surface area contributed by atoms with Crippen molar-refractivity contribution in [3.63, 3.8) is 0 Å². The van der Waals surface area contributed by atoms with Crippen molar-refractivity contribution < 1.29 is 5.11 Å². The predicted octanol–water partition coefficient (Wildman–Crippen LogP) is 1.90. The summed E-state index contributed by atoms with van der Waals surface area (Å²) in [4.78, 5) is 15.0. The van der Waals surface area contributed by atoms with E-state index in [1.54, 1.807) is 18.6 Å². The highest BCUT2D eigenvalue weighted by Gasteiger charge is 2.31. The van der Waals surface area contributed by atoms with Crippen molar-refractivity contribution in [3.05, 3.63) is 41.5 Å². The van der Waals surface area contributed by atoms with Gasteiger partial charge in [0.25, 0.3) is 0 Å². The van der Waals surface area contributed by atoms with Gasteiger partial charge in [0.2, 0.25) is 0 Å². The van der Waals surface area contributed by atoms with Crippen molar-refractivity contribution in [1.29, 1.82) is 0 Å². The largest absolute Gasteiger partial charge is 0.390 e. The predicted molar refractivity (Wildman–Crippen MR) is 98.1 cm³/mol. The highest BCUT2D eigenvalue weighted by molar-refractivity contribution is 5.59. The number of aromatic nitrogens is 3. The Morgan fingerprint density at radius 3 is 2.60 bits per heavy atom. The van der Waals surface area contributed by atoms with Crippen molar-refractivity contribution >= 4 is 11.6 Å². The summed E-state index contributed by atoms with van der Waals surface area (Å²) in [6.45, 7) is 5.49. The van der Waals surface area contributed by atoms with E-state index in [2.05, 4.69) is 31.7 Å². The van der Waals surface area contributed by atoms with Crippen LogP contribution >= 0.6 is 0 Å². The lowest BCUT2D eigenvalue weighted by molar-refractivity contribution is 0.0124. The minimum absolute atomic E-state index is 0.474. The summed E-state index contributed by atoms with van der Waals surface area (Å²) in [5, 5.41) is 10.4. The van der Waals surface area contributed by atoms with Gasteiger partial charge >= 0.3 is 0 Å². The first-order valence-corrected chi connectivity index (χ1v) is 8.53. The lowest BCUT2D eigenvalue weighted by Crippen LogP contribution is -2.44. The van der Waals surface area contributed by atoms with Crippen LogP contribution in [0.5, 0.6) is 0 Å². The van der Waals surface area contributed by atoms with Crippen LogP contribution in [0.1, 0.15) is 43.0 Å². The molecule has 0 radical (unpaired) electrons. The van der Waals surface area contributed by atoms with Gasteiger partial charge < -0.3 is 15.7 Å². The first-order chi connectivity index (χ1) is 12.0. The van der Waals surface area contributed by atoms with E-state index in [0.29, 0.717) is 5.82 Å². The van der Waals surface area contributed by atoms with E-state index in [1.807, 2.05) is 19.9 Å². The van der Waals surface area contributed by atoms with E-state index in [0.717, 1.165) is 55.0 Å². The van der Waals surface area contributed by atoms with Crippen molar-refractivity contribution in [2.45, 2.75) is 38.7 Å². The maximum Gasteiger partial charge on any atom is 0.148 e. The molecule has 3 rings (SSSR count). The second-order valence-electron chi connectivity index (χ2n) is 6.44. The Balaban J connectivity index is 1.87. The monoisotopic (exact) mass is 337 g/mol. The van der Waals surface area contributed by atoms with E-state index in [4.69, 9.17) is 5.73 Å². The first-order valence-electron chi connectivity index (χ1n) is 8.53. The number of nitrogens with two attached hydrogens (primary N) is 1. The normalized spacial score (nSPS) is 16.2. The van der Waals surface area contributed by atoms with Crippen LogP contribution in [0.15, 0.2) is 24.7 Å².